The molecule has 1 fully saturated rings. The van der Waals surface area contributed by atoms with Crippen molar-refractivity contribution in [3.63, 3.8) is 0 Å². The van der Waals surface area contributed by atoms with E-state index in [9.17, 15) is 4.79 Å². The molecule has 2 aromatic carbocycles. The fourth-order valence-corrected chi connectivity index (χ4v) is 5.45. The molecular formula is C26H29N3O2S. The Balaban J connectivity index is 1.06. The molecule has 0 unspecified atom stereocenters. The van der Waals surface area contributed by atoms with E-state index in [1.54, 1.807) is 6.07 Å². The average Bonchev–Trinajstić information content (AvgIpc) is 3.19. The molecule has 4 aromatic rings. The van der Waals surface area contributed by atoms with Gasteiger partial charge in [-0.05, 0) is 68.1 Å². The number of nitrogens with zero attached hydrogens (tertiary/aromatic N) is 2. The molecule has 0 aliphatic carbocycles. The second-order valence-electron chi connectivity index (χ2n) is 8.50. The van der Waals surface area contributed by atoms with Gasteiger partial charge in [-0.2, -0.15) is 0 Å². The van der Waals surface area contributed by atoms with Crippen molar-refractivity contribution >= 4 is 38.0 Å². The van der Waals surface area contributed by atoms with Crippen molar-refractivity contribution in [3.05, 3.63) is 69.8 Å². The van der Waals surface area contributed by atoms with Gasteiger partial charge >= 0.3 is 0 Å². The Morgan fingerprint density at radius 2 is 1.84 bits per heavy atom. The molecule has 0 saturated carbocycles. The lowest BCUT2D eigenvalue weighted by Crippen LogP contribution is -2.46. The molecule has 0 spiro atoms. The Morgan fingerprint density at radius 3 is 2.72 bits per heavy atom. The van der Waals surface area contributed by atoms with E-state index in [2.05, 4.69) is 46.0 Å². The zero-order valence-corrected chi connectivity index (χ0v) is 19.3. The molecule has 1 aliphatic rings. The number of H-pyrrole nitrogens is 1. The van der Waals surface area contributed by atoms with E-state index in [1.165, 1.54) is 20.7 Å². The average molecular weight is 448 g/mol. The Bertz CT molecular complexity index is 1270. The molecule has 0 bridgehead atoms. The predicted molar refractivity (Wildman–Crippen MR) is 135 cm³/mol. The van der Waals surface area contributed by atoms with E-state index < -0.39 is 0 Å². The minimum absolute atomic E-state index is 0.0862. The lowest BCUT2D eigenvalue weighted by Gasteiger charge is -2.36. The second kappa shape index (κ2) is 9.35. The van der Waals surface area contributed by atoms with Gasteiger partial charge in [0.25, 0.3) is 0 Å². The minimum Gasteiger partial charge on any atom is -0.494 e. The van der Waals surface area contributed by atoms with Gasteiger partial charge < -0.3 is 14.6 Å². The first-order valence-corrected chi connectivity index (χ1v) is 12.2. The SMILES string of the molecule is Cc1cc2c(N3CCN(CCCCOc4ccc5ccc(=O)[nH]c5c4)CC3)cccc2s1. The Labute approximate surface area is 192 Å². The highest BCUT2D eigenvalue weighted by molar-refractivity contribution is 7.19. The highest BCUT2D eigenvalue weighted by atomic mass is 32.1. The van der Waals surface area contributed by atoms with Crippen molar-refractivity contribution < 1.29 is 4.74 Å². The maximum Gasteiger partial charge on any atom is 0.248 e. The van der Waals surface area contributed by atoms with Gasteiger partial charge in [0.2, 0.25) is 5.56 Å². The summed E-state index contributed by atoms with van der Waals surface area (Å²) in [5.41, 5.74) is 2.12. The van der Waals surface area contributed by atoms with Crippen molar-refractivity contribution in [3.8, 4) is 5.75 Å². The highest BCUT2D eigenvalue weighted by Gasteiger charge is 2.18. The number of unbranched alkanes of at least 4 members (excludes halogenated alkanes) is 1. The maximum atomic E-state index is 11.5. The first-order chi connectivity index (χ1) is 15.7. The number of piperazine rings is 1. The van der Waals surface area contributed by atoms with Crippen LogP contribution >= 0.6 is 11.3 Å². The molecule has 32 heavy (non-hydrogen) atoms. The predicted octanol–water partition coefficient (Wildman–Crippen LogP) is 5.03. The molecule has 1 N–H and O–H groups in total. The molecule has 6 heteroatoms. The third kappa shape index (κ3) is 4.66. The molecule has 0 atom stereocenters. The first-order valence-electron chi connectivity index (χ1n) is 11.4. The van der Waals surface area contributed by atoms with Gasteiger partial charge in [0, 0.05) is 59.0 Å². The van der Waals surface area contributed by atoms with Crippen molar-refractivity contribution in [1.29, 1.82) is 0 Å². The van der Waals surface area contributed by atoms with Gasteiger partial charge in [0.1, 0.15) is 5.75 Å². The lowest BCUT2D eigenvalue weighted by molar-refractivity contribution is 0.239. The van der Waals surface area contributed by atoms with Gasteiger partial charge in [-0.15, -0.1) is 11.3 Å². The van der Waals surface area contributed by atoms with Crippen LogP contribution in [0.25, 0.3) is 21.0 Å². The molecule has 1 aliphatic heterocycles. The van der Waals surface area contributed by atoms with E-state index >= 15 is 0 Å². The number of thiophene rings is 1. The van der Waals surface area contributed by atoms with Crippen LogP contribution in [0.4, 0.5) is 5.69 Å². The molecule has 166 valence electrons. The molecule has 1 saturated heterocycles. The quantitative estimate of drug-likeness (QED) is 0.404. The number of aromatic amines is 1. The van der Waals surface area contributed by atoms with Crippen LogP contribution in [0.15, 0.2) is 59.4 Å². The number of ether oxygens (including phenoxy) is 1. The topological polar surface area (TPSA) is 48.6 Å². The first kappa shape index (κ1) is 21.0. The molecule has 0 amide bonds. The number of anilines is 1. The fourth-order valence-electron chi connectivity index (χ4n) is 4.51. The largest absolute Gasteiger partial charge is 0.494 e. The van der Waals surface area contributed by atoms with Gasteiger partial charge in [0.05, 0.1) is 12.1 Å². The summed E-state index contributed by atoms with van der Waals surface area (Å²) in [7, 11) is 0. The smallest absolute Gasteiger partial charge is 0.248 e. The molecule has 0 radical (unpaired) electrons. The maximum absolute atomic E-state index is 11.5. The molecule has 5 rings (SSSR count). The normalized spacial score (nSPS) is 15.0. The number of aromatic nitrogens is 1. The monoisotopic (exact) mass is 447 g/mol. The summed E-state index contributed by atoms with van der Waals surface area (Å²) in [5, 5.41) is 2.42. The number of pyridine rings is 1. The number of aryl methyl sites for hydroxylation is 1. The van der Waals surface area contributed by atoms with Crippen molar-refractivity contribution in [2.75, 3.05) is 44.2 Å². The van der Waals surface area contributed by atoms with Gasteiger partial charge in [0.15, 0.2) is 0 Å². The summed E-state index contributed by atoms with van der Waals surface area (Å²) in [6, 6.07) is 18.3. The minimum atomic E-state index is -0.0862. The zero-order valence-electron chi connectivity index (χ0n) is 18.5. The van der Waals surface area contributed by atoms with Crippen LogP contribution in [0.2, 0.25) is 0 Å². The molecule has 2 aromatic heterocycles. The number of fused-ring (bicyclic) bond motifs is 2. The number of nitrogens with one attached hydrogen (secondary N) is 1. The molecular weight excluding hydrogens is 418 g/mol. The summed E-state index contributed by atoms with van der Waals surface area (Å²) in [5.74, 6) is 0.811. The lowest BCUT2D eigenvalue weighted by atomic mass is 10.1. The third-order valence-electron chi connectivity index (χ3n) is 6.21. The summed E-state index contributed by atoms with van der Waals surface area (Å²) in [6.45, 7) is 8.39. The Morgan fingerprint density at radius 1 is 1.00 bits per heavy atom. The van der Waals surface area contributed by atoms with Crippen LogP contribution in [0, 0.1) is 6.92 Å². The van der Waals surface area contributed by atoms with E-state index in [1.807, 2.05) is 35.6 Å². The van der Waals surface area contributed by atoms with Crippen LogP contribution in [-0.2, 0) is 0 Å². The zero-order chi connectivity index (χ0) is 21.9. The highest BCUT2D eigenvalue weighted by Crippen LogP contribution is 2.33. The van der Waals surface area contributed by atoms with Crippen LogP contribution in [-0.4, -0.2) is 49.2 Å². The van der Waals surface area contributed by atoms with Crippen LogP contribution in [0.3, 0.4) is 0 Å². The molecule has 5 nitrogen and oxygen atoms in total. The van der Waals surface area contributed by atoms with E-state index in [0.717, 1.165) is 62.2 Å². The van der Waals surface area contributed by atoms with E-state index in [0.29, 0.717) is 6.61 Å². The number of benzene rings is 2. The van der Waals surface area contributed by atoms with Crippen LogP contribution < -0.4 is 15.2 Å². The van der Waals surface area contributed by atoms with Gasteiger partial charge in [-0.3, -0.25) is 9.69 Å². The van der Waals surface area contributed by atoms with Gasteiger partial charge in [-0.1, -0.05) is 6.07 Å². The number of hydrogen-bond acceptors (Lipinski definition) is 5. The number of rotatable bonds is 7. The van der Waals surface area contributed by atoms with E-state index in [4.69, 9.17) is 4.74 Å². The molecule has 3 heterocycles. The summed E-state index contributed by atoms with van der Waals surface area (Å²) >= 11 is 1.88. The standard InChI is InChI=1S/C26H29N3O2S/c1-19-17-22-24(5-4-6-25(22)32-19)29-14-12-28(13-15-29)11-2-3-16-31-21-9-7-20-8-10-26(30)27-23(20)18-21/h4-10,17-18H,2-3,11-16H2,1H3,(H,27,30). The Kier molecular flexibility index (Phi) is 6.14. The summed E-state index contributed by atoms with van der Waals surface area (Å²) in [4.78, 5) is 20.8. The van der Waals surface area contributed by atoms with Crippen molar-refractivity contribution in [2.24, 2.45) is 0 Å². The van der Waals surface area contributed by atoms with Crippen molar-refractivity contribution in [1.82, 2.24) is 9.88 Å². The van der Waals surface area contributed by atoms with Gasteiger partial charge in [-0.25, -0.2) is 0 Å². The van der Waals surface area contributed by atoms with Crippen LogP contribution in [0.1, 0.15) is 17.7 Å². The van der Waals surface area contributed by atoms with E-state index in [-0.39, 0.29) is 5.56 Å². The fraction of sp³-hybridized carbons (Fsp3) is 0.346. The number of hydrogen-bond donors (Lipinski definition) is 1. The summed E-state index contributed by atoms with van der Waals surface area (Å²) in [6.07, 6.45) is 2.15. The third-order valence-corrected chi connectivity index (χ3v) is 7.22. The Hall–Kier alpha value is -2.83. The second-order valence-corrected chi connectivity index (χ2v) is 9.79. The summed E-state index contributed by atoms with van der Waals surface area (Å²) < 4.78 is 7.30. The van der Waals surface area contributed by atoms with Crippen LogP contribution in [0.5, 0.6) is 5.75 Å². The van der Waals surface area contributed by atoms with Crippen molar-refractivity contribution in [2.45, 2.75) is 19.8 Å².